The SMILES string of the molecule is NS(=O)(=O)CC1CC(=O)N([C@@H](CCC(=O)O)C(=O)O)C1. The second kappa shape index (κ2) is 6.18. The summed E-state index contributed by atoms with van der Waals surface area (Å²) >= 11 is 0. The fraction of sp³-hybridized carbons (Fsp3) is 0.700. The lowest BCUT2D eigenvalue weighted by Crippen LogP contribution is -2.42. The van der Waals surface area contributed by atoms with E-state index in [1.807, 2.05) is 0 Å². The van der Waals surface area contributed by atoms with Crippen molar-refractivity contribution in [2.75, 3.05) is 12.3 Å². The molecular weight excluding hydrogens is 292 g/mol. The van der Waals surface area contributed by atoms with E-state index in [-0.39, 0.29) is 25.8 Å². The molecule has 20 heavy (non-hydrogen) atoms. The van der Waals surface area contributed by atoms with Gasteiger partial charge in [-0.2, -0.15) is 0 Å². The van der Waals surface area contributed by atoms with Crippen LogP contribution in [0.25, 0.3) is 0 Å². The standard InChI is InChI=1S/C10H16N2O7S/c11-20(18,19)5-6-3-8(13)12(4-6)7(10(16)17)1-2-9(14)15/h6-7H,1-5H2,(H,14,15)(H,16,17)(H2,11,18,19)/t6?,7-/m0/s1. The third kappa shape index (κ3) is 4.78. The molecule has 0 bridgehead atoms. The molecule has 0 radical (unpaired) electrons. The number of carboxylic acid groups (broad SMARTS) is 2. The Hall–Kier alpha value is -1.68. The Labute approximate surface area is 115 Å². The average molecular weight is 308 g/mol. The molecule has 0 saturated carbocycles. The van der Waals surface area contributed by atoms with Gasteiger partial charge in [-0.15, -0.1) is 0 Å². The van der Waals surface area contributed by atoms with Crippen molar-refractivity contribution in [3.63, 3.8) is 0 Å². The molecule has 2 atom stereocenters. The van der Waals surface area contributed by atoms with Crippen LogP contribution in [-0.2, 0) is 24.4 Å². The van der Waals surface area contributed by atoms with E-state index in [1.165, 1.54) is 0 Å². The van der Waals surface area contributed by atoms with Crippen LogP contribution in [0.5, 0.6) is 0 Å². The van der Waals surface area contributed by atoms with Gasteiger partial charge >= 0.3 is 11.9 Å². The van der Waals surface area contributed by atoms with Crippen molar-refractivity contribution >= 4 is 27.9 Å². The van der Waals surface area contributed by atoms with Crippen molar-refractivity contribution in [3.8, 4) is 0 Å². The number of hydrogen-bond acceptors (Lipinski definition) is 5. The summed E-state index contributed by atoms with van der Waals surface area (Å²) in [6, 6.07) is -1.26. The van der Waals surface area contributed by atoms with Gasteiger partial charge < -0.3 is 15.1 Å². The average Bonchev–Trinajstić information content (AvgIpc) is 2.56. The molecule has 1 fully saturated rings. The van der Waals surface area contributed by atoms with Gasteiger partial charge in [0.05, 0.1) is 5.75 Å². The Morgan fingerprint density at radius 1 is 1.40 bits per heavy atom. The van der Waals surface area contributed by atoms with Crippen LogP contribution in [0.15, 0.2) is 0 Å². The summed E-state index contributed by atoms with van der Waals surface area (Å²) in [5.74, 6) is -3.94. The Morgan fingerprint density at radius 3 is 2.45 bits per heavy atom. The number of carbonyl (C=O) groups is 3. The number of carboxylic acids is 2. The molecule has 0 spiro atoms. The number of hydrogen-bond donors (Lipinski definition) is 3. The van der Waals surface area contributed by atoms with Crippen LogP contribution in [0.4, 0.5) is 0 Å². The summed E-state index contributed by atoms with van der Waals surface area (Å²) in [6.07, 6.45) is -0.716. The van der Waals surface area contributed by atoms with E-state index in [9.17, 15) is 22.8 Å². The lowest BCUT2D eigenvalue weighted by Gasteiger charge is -2.24. The van der Waals surface area contributed by atoms with E-state index in [2.05, 4.69) is 0 Å². The molecule has 10 heteroatoms. The minimum absolute atomic E-state index is 0.0498. The largest absolute Gasteiger partial charge is 0.481 e. The van der Waals surface area contributed by atoms with Gasteiger partial charge in [0.25, 0.3) is 0 Å². The third-order valence-electron chi connectivity index (χ3n) is 3.00. The first kappa shape index (κ1) is 16.4. The minimum Gasteiger partial charge on any atom is -0.481 e. The van der Waals surface area contributed by atoms with Crippen LogP contribution >= 0.6 is 0 Å². The summed E-state index contributed by atoms with van der Waals surface area (Å²) in [6.45, 7) is -0.0498. The molecule has 1 amide bonds. The predicted octanol–water partition coefficient (Wildman–Crippen LogP) is -1.56. The normalized spacial score (nSPS) is 20.9. The lowest BCUT2D eigenvalue weighted by atomic mass is 10.1. The maximum atomic E-state index is 11.7. The number of aliphatic carboxylic acids is 2. The molecular formula is C10H16N2O7S. The monoisotopic (exact) mass is 308 g/mol. The topological polar surface area (TPSA) is 155 Å². The maximum absolute atomic E-state index is 11.7. The molecule has 1 unspecified atom stereocenters. The van der Waals surface area contributed by atoms with Crippen molar-refractivity contribution in [2.45, 2.75) is 25.3 Å². The molecule has 0 aromatic carbocycles. The maximum Gasteiger partial charge on any atom is 0.326 e. The molecule has 1 heterocycles. The van der Waals surface area contributed by atoms with Crippen LogP contribution < -0.4 is 5.14 Å². The third-order valence-corrected chi connectivity index (χ3v) is 3.94. The van der Waals surface area contributed by atoms with Gasteiger partial charge in [-0.3, -0.25) is 9.59 Å². The number of likely N-dealkylation sites (tertiary alicyclic amines) is 1. The van der Waals surface area contributed by atoms with Gasteiger partial charge in [-0.25, -0.2) is 18.4 Å². The molecule has 0 aromatic heterocycles. The highest BCUT2D eigenvalue weighted by molar-refractivity contribution is 7.89. The Bertz CT molecular complexity index is 516. The van der Waals surface area contributed by atoms with Gasteiger partial charge in [0.15, 0.2) is 0 Å². The Balaban J connectivity index is 2.75. The summed E-state index contributed by atoms with van der Waals surface area (Å²) < 4.78 is 21.9. The number of amides is 1. The number of sulfonamides is 1. The molecule has 9 nitrogen and oxygen atoms in total. The van der Waals surface area contributed by atoms with E-state index < -0.39 is 45.6 Å². The van der Waals surface area contributed by atoms with Crippen molar-refractivity contribution in [1.82, 2.24) is 4.90 Å². The first-order valence-electron chi connectivity index (χ1n) is 5.84. The van der Waals surface area contributed by atoms with E-state index >= 15 is 0 Å². The minimum atomic E-state index is -3.75. The molecule has 1 saturated heterocycles. The number of rotatable bonds is 7. The summed E-state index contributed by atoms with van der Waals surface area (Å²) in [5, 5.41) is 22.5. The van der Waals surface area contributed by atoms with Crippen LogP contribution in [0.2, 0.25) is 0 Å². The highest BCUT2D eigenvalue weighted by atomic mass is 32.2. The number of nitrogens with zero attached hydrogens (tertiary/aromatic N) is 1. The van der Waals surface area contributed by atoms with Gasteiger partial charge in [-0.05, 0) is 6.42 Å². The first-order valence-corrected chi connectivity index (χ1v) is 7.56. The van der Waals surface area contributed by atoms with Gasteiger partial charge in [0, 0.05) is 25.3 Å². The molecule has 1 aliphatic heterocycles. The zero-order chi connectivity index (χ0) is 15.5. The Kier molecular flexibility index (Phi) is 5.06. The zero-order valence-corrected chi connectivity index (χ0v) is 11.4. The highest BCUT2D eigenvalue weighted by Gasteiger charge is 2.38. The van der Waals surface area contributed by atoms with E-state index in [0.717, 1.165) is 4.90 Å². The number of nitrogens with two attached hydrogens (primary N) is 1. The second-order valence-corrected chi connectivity index (χ2v) is 6.39. The van der Waals surface area contributed by atoms with Crippen molar-refractivity contribution in [3.05, 3.63) is 0 Å². The predicted molar refractivity (Wildman–Crippen MR) is 66.1 cm³/mol. The Morgan fingerprint density at radius 2 is 2.00 bits per heavy atom. The summed E-state index contributed by atoms with van der Waals surface area (Å²) in [5.41, 5.74) is 0. The van der Waals surface area contributed by atoms with Gasteiger partial charge in [0.2, 0.25) is 15.9 Å². The summed E-state index contributed by atoms with van der Waals surface area (Å²) in [4.78, 5) is 34.3. The lowest BCUT2D eigenvalue weighted by molar-refractivity contribution is -0.149. The second-order valence-electron chi connectivity index (χ2n) is 4.73. The van der Waals surface area contributed by atoms with Crippen LogP contribution in [0, 0.1) is 5.92 Å². The van der Waals surface area contributed by atoms with Gasteiger partial charge in [0.1, 0.15) is 6.04 Å². The molecule has 114 valence electrons. The highest BCUT2D eigenvalue weighted by Crippen LogP contribution is 2.23. The smallest absolute Gasteiger partial charge is 0.326 e. The van der Waals surface area contributed by atoms with Crippen molar-refractivity contribution < 1.29 is 33.0 Å². The number of carbonyl (C=O) groups excluding carboxylic acids is 1. The molecule has 0 aliphatic carbocycles. The fourth-order valence-corrected chi connectivity index (χ4v) is 3.10. The summed E-state index contributed by atoms with van der Waals surface area (Å²) in [7, 11) is -3.75. The van der Waals surface area contributed by atoms with Crippen molar-refractivity contribution in [2.24, 2.45) is 11.1 Å². The molecule has 1 aliphatic rings. The fourth-order valence-electron chi connectivity index (χ4n) is 2.22. The van der Waals surface area contributed by atoms with Crippen molar-refractivity contribution in [1.29, 1.82) is 0 Å². The van der Waals surface area contributed by atoms with E-state index in [1.54, 1.807) is 0 Å². The van der Waals surface area contributed by atoms with Crippen LogP contribution in [-0.4, -0.2) is 59.7 Å². The van der Waals surface area contributed by atoms with E-state index in [0.29, 0.717) is 0 Å². The van der Waals surface area contributed by atoms with E-state index in [4.69, 9.17) is 15.4 Å². The zero-order valence-electron chi connectivity index (χ0n) is 10.6. The van der Waals surface area contributed by atoms with Crippen LogP contribution in [0.1, 0.15) is 19.3 Å². The van der Waals surface area contributed by atoms with Gasteiger partial charge in [-0.1, -0.05) is 0 Å². The quantitative estimate of drug-likeness (QED) is 0.513. The molecule has 4 N–H and O–H groups in total. The first-order chi connectivity index (χ1) is 9.10. The molecule has 0 aromatic rings. The van der Waals surface area contributed by atoms with Crippen LogP contribution in [0.3, 0.4) is 0 Å². The number of primary sulfonamides is 1. The molecule has 1 rings (SSSR count).